The highest BCUT2D eigenvalue weighted by molar-refractivity contribution is 7.89. The van der Waals surface area contributed by atoms with E-state index < -0.39 is 27.9 Å². The summed E-state index contributed by atoms with van der Waals surface area (Å²) in [5, 5.41) is 2.69. The van der Waals surface area contributed by atoms with Crippen molar-refractivity contribution in [3.63, 3.8) is 0 Å². The summed E-state index contributed by atoms with van der Waals surface area (Å²) in [6.07, 6.45) is 0.938. The van der Waals surface area contributed by atoms with Crippen LogP contribution in [0.2, 0.25) is 0 Å². The van der Waals surface area contributed by atoms with E-state index in [9.17, 15) is 18.0 Å². The predicted octanol–water partition coefficient (Wildman–Crippen LogP) is 2.58. The second kappa shape index (κ2) is 8.85. The molecule has 0 saturated carbocycles. The third-order valence-electron chi connectivity index (χ3n) is 5.08. The molecule has 1 N–H and O–H groups in total. The molecule has 2 aromatic carbocycles. The highest BCUT2D eigenvalue weighted by Gasteiger charge is 2.40. The second-order valence-corrected chi connectivity index (χ2v) is 8.79. The monoisotopic (exact) mass is 432 g/mol. The number of nitrogens with zero attached hydrogens (tertiary/aromatic N) is 1. The molecule has 160 valence electrons. The van der Waals surface area contributed by atoms with Gasteiger partial charge >= 0.3 is 5.97 Å². The van der Waals surface area contributed by atoms with Gasteiger partial charge in [0.1, 0.15) is 11.8 Å². The molecule has 8 nitrogen and oxygen atoms in total. The second-order valence-electron chi connectivity index (χ2n) is 6.93. The van der Waals surface area contributed by atoms with Crippen LogP contribution < -0.4 is 10.1 Å². The van der Waals surface area contributed by atoms with E-state index in [-0.39, 0.29) is 22.7 Å². The van der Waals surface area contributed by atoms with E-state index in [0.717, 1.165) is 0 Å². The standard InChI is InChI=1S/C21H24N2O6S/c1-14-10-11-15(28-2)13-19(14)30(26,27)23-12-6-9-18(23)20(24)22-17-8-5-4-7-16(17)21(25)29-3/h4-5,7-8,10-11,13,18H,6,9,12H2,1-3H3,(H,22,24). The van der Waals surface area contributed by atoms with Crippen LogP contribution in [0.4, 0.5) is 5.69 Å². The average molecular weight is 432 g/mol. The minimum atomic E-state index is -3.92. The van der Waals surface area contributed by atoms with Gasteiger partial charge < -0.3 is 14.8 Å². The van der Waals surface area contributed by atoms with Crippen molar-refractivity contribution in [1.82, 2.24) is 4.31 Å². The Morgan fingerprint density at radius 3 is 2.57 bits per heavy atom. The molecular formula is C21H24N2O6S. The van der Waals surface area contributed by atoms with Crippen LogP contribution in [0.5, 0.6) is 5.75 Å². The minimum Gasteiger partial charge on any atom is -0.497 e. The van der Waals surface area contributed by atoms with Gasteiger partial charge in [-0.25, -0.2) is 13.2 Å². The lowest BCUT2D eigenvalue weighted by molar-refractivity contribution is -0.119. The zero-order valence-corrected chi connectivity index (χ0v) is 17.9. The first-order valence-electron chi connectivity index (χ1n) is 9.44. The van der Waals surface area contributed by atoms with Gasteiger partial charge in [0.15, 0.2) is 0 Å². The number of esters is 1. The first kappa shape index (κ1) is 21.8. The van der Waals surface area contributed by atoms with Gasteiger partial charge in [0.05, 0.1) is 30.4 Å². The highest BCUT2D eigenvalue weighted by Crippen LogP contribution is 2.31. The lowest BCUT2D eigenvalue weighted by atomic mass is 10.1. The Balaban J connectivity index is 1.89. The molecule has 1 atom stereocenters. The van der Waals surface area contributed by atoms with Crippen molar-refractivity contribution in [1.29, 1.82) is 0 Å². The van der Waals surface area contributed by atoms with Crippen molar-refractivity contribution in [3.8, 4) is 5.75 Å². The van der Waals surface area contributed by atoms with E-state index in [4.69, 9.17) is 9.47 Å². The number of anilines is 1. The van der Waals surface area contributed by atoms with Gasteiger partial charge in [-0.3, -0.25) is 4.79 Å². The van der Waals surface area contributed by atoms with E-state index in [2.05, 4.69) is 5.32 Å². The lowest BCUT2D eigenvalue weighted by Crippen LogP contribution is -2.43. The Morgan fingerprint density at radius 1 is 1.13 bits per heavy atom. The number of hydrogen-bond donors (Lipinski definition) is 1. The molecule has 0 aromatic heterocycles. The van der Waals surface area contributed by atoms with Crippen molar-refractivity contribution in [2.24, 2.45) is 0 Å². The van der Waals surface area contributed by atoms with Crippen LogP contribution in [0.3, 0.4) is 0 Å². The number of carbonyl (C=O) groups is 2. The molecule has 1 heterocycles. The number of benzene rings is 2. The molecule has 0 aliphatic carbocycles. The maximum absolute atomic E-state index is 13.3. The quantitative estimate of drug-likeness (QED) is 0.704. The normalized spacial score (nSPS) is 16.8. The van der Waals surface area contributed by atoms with Gasteiger partial charge in [0, 0.05) is 12.6 Å². The fourth-order valence-electron chi connectivity index (χ4n) is 3.50. The number of methoxy groups -OCH3 is 2. The van der Waals surface area contributed by atoms with Gasteiger partial charge in [-0.2, -0.15) is 4.31 Å². The molecule has 3 rings (SSSR count). The zero-order valence-electron chi connectivity index (χ0n) is 17.0. The first-order valence-corrected chi connectivity index (χ1v) is 10.9. The van der Waals surface area contributed by atoms with Crippen LogP contribution in [0, 0.1) is 6.92 Å². The minimum absolute atomic E-state index is 0.108. The van der Waals surface area contributed by atoms with Gasteiger partial charge in [-0.1, -0.05) is 18.2 Å². The van der Waals surface area contributed by atoms with Gasteiger partial charge in [0.2, 0.25) is 15.9 Å². The molecule has 1 amide bonds. The van der Waals surface area contributed by atoms with Gasteiger partial charge in [-0.05, 0) is 43.5 Å². The number of para-hydroxylation sites is 1. The molecule has 1 unspecified atom stereocenters. The first-order chi connectivity index (χ1) is 14.3. The molecular weight excluding hydrogens is 408 g/mol. The Morgan fingerprint density at radius 2 is 1.87 bits per heavy atom. The number of ether oxygens (including phenoxy) is 2. The largest absolute Gasteiger partial charge is 0.497 e. The molecule has 0 bridgehead atoms. The van der Waals surface area contributed by atoms with Crippen molar-refractivity contribution in [3.05, 3.63) is 53.6 Å². The molecule has 1 aliphatic rings. The Hall–Kier alpha value is -2.91. The van der Waals surface area contributed by atoms with Gasteiger partial charge in [-0.15, -0.1) is 0 Å². The molecule has 1 fully saturated rings. The molecule has 9 heteroatoms. The van der Waals surface area contributed by atoms with Crippen molar-refractivity contribution >= 4 is 27.6 Å². The number of sulfonamides is 1. The van der Waals surface area contributed by atoms with Crippen LogP contribution in [-0.4, -0.2) is 51.4 Å². The van der Waals surface area contributed by atoms with E-state index in [1.54, 1.807) is 37.3 Å². The molecule has 1 saturated heterocycles. The third kappa shape index (κ3) is 4.17. The van der Waals surface area contributed by atoms with Crippen molar-refractivity contribution < 1.29 is 27.5 Å². The number of rotatable bonds is 6. The Bertz CT molecular complexity index is 1070. The summed E-state index contributed by atoms with van der Waals surface area (Å²) in [6, 6.07) is 10.4. The van der Waals surface area contributed by atoms with E-state index in [1.165, 1.54) is 30.7 Å². The number of aryl methyl sites for hydroxylation is 1. The number of amides is 1. The molecule has 1 aliphatic heterocycles. The summed E-state index contributed by atoms with van der Waals surface area (Å²) in [7, 11) is -1.20. The maximum atomic E-state index is 13.3. The third-order valence-corrected chi connectivity index (χ3v) is 7.13. The summed E-state index contributed by atoms with van der Waals surface area (Å²) in [5.41, 5.74) is 1.04. The van der Waals surface area contributed by atoms with Crippen molar-refractivity contribution in [2.45, 2.75) is 30.7 Å². The Kier molecular flexibility index (Phi) is 6.42. The van der Waals surface area contributed by atoms with E-state index in [1.807, 2.05) is 0 Å². The smallest absolute Gasteiger partial charge is 0.339 e. The maximum Gasteiger partial charge on any atom is 0.339 e. The number of hydrogen-bond acceptors (Lipinski definition) is 6. The van der Waals surface area contributed by atoms with E-state index >= 15 is 0 Å². The van der Waals surface area contributed by atoms with Crippen LogP contribution in [-0.2, 0) is 19.6 Å². The molecule has 30 heavy (non-hydrogen) atoms. The summed E-state index contributed by atoms with van der Waals surface area (Å²) in [4.78, 5) is 25.0. The zero-order chi connectivity index (χ0) is 21.9. The average Bonchev–Trinajstić information content (AvgIpc) is 3.25. The fourth-order valence-corrected chi connectivity index (χ4v) is 5.40. The van der Waals surface area contributed by atoms with Gasteiger partial charge in [0.25, 0.3) is 0 Å². The summed E-state index contributed by atoms with van der Waals surface area (Å²) in [5.74, 6) is -0.659. The summed E-state index contributed by atoms with van der Waals surface area (Å²) in [6.45, 7) is 1.93. The molecule has 0 spiro atoms. The molecule has 2 aromatic rings. The predicted molar refractivity (Wildman–Crippen MR) is 111 cm³/mol. The topological polar surface area (TPSA) is 102 Å². The SMILES string of the molecule is COC(=O)c1ccccc1NC(=O)C1CCCN1S(=O)(=O)c1cc(OC)ccc1C. The van der Waals surface area contributed by atoms with Crippen LogP contribution in [0.1, 0.15) is 28.8 Å². The van der Waals surface area contributed by atoms with Crippen molar-refractivity contribution in [2.75, 3.05) is 26.1 Å². The lowest BCUT2D eigenvalue weighted by Gasteiger charge is -2.24. The van der Waals surface area contributed by atoms with Crippen LogP contribution in [0.25, 0.3) is 0 Å². The fraction of sp³-hybridized carbons (Fsp3) is 0.333. The van der Waals surface area contributed by atoms with E-state index in [0.29, 0.717) is 24.2 Å². The number of carbonyl (C=O) groups excluding carboxylic acids is 2. The number of nitrogens with one attached hydrogen (secondary N) is 1. The summed E-state index contributed by atoms with van der Waals surface area (Å²) >= 11 is 0. The highest BCUT2D eigenvalue weighted by atomic mass is 32.2. The Labute approximate surface area is 175 Å². The van der Waals surface area contributed by atoms with Crippen LogP contribution in [0.15, 0.2) is 47.4 Å². The molecule has 0 radical (unpaired) electrons. The van der Waals surface area contributed by atoms with Crippen LogP contribution >= 0.6 is 0 Å². The summed E-state index contributed by atoms with van der Waals surface area (Å²) < 4.78 is 37.8.